The van der Waals surface area contributed by atoms with Gasteiger partial charge in [0.25, 0.3) is 11.5 Å². The number of benzene rings is 1. The van der Waals surface area contributed by atoms with Gasteiger partial charge in [0.05, 0.1) is 12.3 Å². The fourth-order valence-corrected chi connectivity index (χ4v) is 1.96. The van der Waals surface area contributed by atoms with Crippen molar-refractivity contribution in [1.82, 2.24) is 0 Å². The highest BCUT2D eigenvalue weighted by Gasteiger charge is 2.48. The molecule has 1 aliphatic rings. The largest absolute Gasteiger partial charge is 0.464 e. The summed E-state index contributed by atoms with van der Waals surface area (Å²) >= 11 is 3.29. The summed E-state index contributed by atoms with van der Waals surface area (Å²) in [7, 11) is 0. The van der Waals surface area contributed by atoms with Gasteiger partial charge in [0.2, 0.25) is 0 Å². The SMILES string of the molecule is CCOC(=O)C1(C)Oc2ccc(Br)cc2NC1=O. The molecule has 0 bridgehead atoms. The molecule has 0 radical (unpaired) electrons. The summed E-state index contributed by atoms with van der Waals surface area (Å²) in [6.07, 6.45) is 0. The third kappa shape index (κ3) is 2.08. The molecule has 1 aromatic carbocycles. The molecular weight excluding hydrogens is 302 g/mol. The Kier molecular flexibility index (Phi) is 3.30. The highest BCUT2D eigenvalue weighted by molar-refractivity contribution is 9.10. The van der Waals surface area contributed by atoms with Gasteiger partial charge in [0, 0.05) is 4.47 Å². The maximum atomic E-state index is 12.0. The van der Waals surface area contributed by atoms with Crippen LogP contribution >= 0.6 is 15.9 Å². The molecule has 96 valence electrons. The lowest BCUT2D eigenvalue weighted by atomic mass is 10.0. The molecule has 1 unspecified atom stereocenters. The first-order valence-electron chi connectivity index (χ1n) is 5.44. The minimum absolute atomic E-state index is 0.193. The van der Waals surface area contributed by atoms with E-state index in [1.807, 2.05) is 0 Å². The van der Waals surface area contributed by atoms with Crippen LogP contribution in [0.15, 0.2) is 22.7 Å². The number of anilines is 1. The molecule has 1 atom stereocenters. The van der Waals surface area contributed by atoms with Crippen molar-refractivity contribution in [2.45, 2.75) is 19.4 Å². The molecule has 5 nitrogen and oxygen atoms in total. The van der Waals surface area contributed by atoms with Crippen molar-refractivity contribution in [1.29, 1.82) is 0 Å². The first kappa shape index (κ1) is 12.9. The van der Waals surface area contributed by atoms with Gasteiger partial charge in [-0.05, 0) is 32.0 Å². The summed E-state index contributed by atoms with van der Waals surface area (Å²) in [4.78, 5) is 23.7. The number of hydrogen-bond acceptors (Lipinski definition) is 4. The predicted octanol–water partition coefficient (Wildman–Crippen LogP) is 2.10. The second-order valence-corrected chi connectivity index (χ2v) is 4.87. The summed E-state index contributed by atoms with van der Waals surface area (Å²) in [5, 5.41) is 2.64. The Bertz CT molecular complexity index is 517. The Hall–Kier alpha value is -1.56. The molecule has 0 aliphatic carbocycles. The van der Waals surface area contributed by atoms with Gasteiger partial charge in [-0.25, -0.2) is 4.79 Å². The van der Waals surface area contributed by atoms with E-state index in [0.29, 0.717) is 11.4 Å². The van der Waals surface area contributed by atoms with Crippen LogP contribution in [0.25, 0.3) is 0 Å². The van der Waals surface area contributed by atoms with Gasteiger partial charge in [0.15, 0.2) is 0 Å². The molecule has 0 aromatic heterocycles. The van der Waals surface area contributed by atoms with Crippen molar-refractivity contribution in [3.8, 4) is 5.75 Å². The lowest BCUT2D eigenvalue weighted by Gasteiger charge is -2.32. The molecule has 18 heavy (non-hydrogen) atoms. The van der Waals surface area contributed by atoms with Gasteiger partial charge < -0.3 is 14.8 Å². The van der Waals surface area contributed by atoms with Crippen molar-refractivity contribution in [3.63, 3.8) is 0 Å². The summed E-state index contributed by atoms with van der Waals surface area (Å²) < 4.78 is 11.2. The molecule has 6 heteroatoms. The van der Waals surface area contributed by atoms with Gasteiger partial charge in [-0.1, -0.05) is 15.9 Å². The molecule has 1 aromatic rings. The Labute approximate surface area is 113 Å². The summed E-state index contributed by atoms with van der Waals surface area (Å²) in [5.41, 5.74) is -1.12. The van der Waals surface area contributed by atoms with E-state index in [9.17, 15) is 9.59 Å². The predicted molar refractivity (Wildman–Crippen MR) is 68.4 cm³/mol. The van der Waals surface area contributed by atoms with Gasteiger partial charge in [-0.15, -0.1) is 0 Å². The third-order valence-electron chi connectivity index (χ3n) is 2.60. The quantitative estimate of drug-likeness (QED) is 0.671. The number of carbonyl (C=O) groups excluding carboxylic acids is 2. The molecule has 0 fully saturated rings. The van der Waals surface area contributed by atoms with Crippen molar-refractivity contribution in [3.05, 3.63) is 22.7 Å². The van der Waals surface area contributed by atoms with Gasteiger partial charge >= 0.3 is 5.97 Å². The van der Waals surface area contributed by atoms with E-state index >= 15 is 0 Å². The fraction of sp³-hybridized carbons (Fsp3) is 0.333. The smallest absolute Gasteiger partial charge is 0.360 e. The molecule has 0 spiro atoms. The summed E-state index contributed by atoms with van der Waals surface area (Å²) in [6.45, 7) is 3.26. The molecule has 1 N–H and O–H groups in total. The zero-order valence-electron chi connectivity index (χ0n) is 9.95. The van der Waals surface area contributed by atoms with Crippen LogP contribution < -0.4 is 10.1 Å². The first-order valence-corrected chi connectivity index (χ1v) is 6.24. The van der Waals surface area contributed by atoms with E-state index in [1.54, 1.807) is 25.1 Å². The van der Waals surface area contributed by atoms with E-state index in [1.165, 1.54) is 6.92 Å². The van der Waals surface area contributed by atoms with Crippen LogP contribution in [0, 0.1) is 0 Å². The van der Waals surface area contributed by atoms with Crippen LogP contribution in [0.4, 0.5) is 5.69 Å². The van der Waals surface area contributed by atoms with E-state index in [0.717, 1.165) is 4.47 Å². The number of nitrogens with one attached hydrogen (secondary N) is 1. The normalized spacial score (nSPS) is 21.6. The third-order valence-corrected chi connectivity index (χ3v) is 3.10. The van der Waals surface area contributed by atoms with Crippen LogP contribution in [0.2, 0.25) is 0 Å². The summed E-state index contributed by atoms with van der Waals surface area (Å²) in [5.74, 6) is -0.795. The average molecular weight is 314 g/mol. The standard InChI is InChI=1S/C12H12BrNO4/c1-3-17-11(16)12(2)10(15)14-8-6-7(13)4-5-9(8)18-12/h4-6H,3H2,1-2H3,(H,14,15). The van der Waals surface area contributed by atoms with Crippen molar-refractivity contribution in [2.24, 2.45) is 0 Å². The van der Waals surface area contributed by atoms with Crippen LogP contribution in [0.5, 0.6) is 5.75 Å². The minimum Gasteiger partial charge on any atom is -0.464 e. The maximum Gasteiger partial charge on any atom is 0.360 e. The van der Waals surface area contributed by atoms with Crippen molar-refractivity contribution >= 4 is 33.5 Å². The zero-order valence-corrected chi connectivity index (χ0v) is 11.5. The topological polar surface area (TPSA) is 64.6 Å². The van der Waals surface area contributed by atoms with Crippen LogP contribution in [0.3, 0.4) is 0 Å². The Morgan fingerprint density at radius 2 is 2.28 bits per heavy atom. The van der Waals surface area contributed by atoms with E-state index < -0.39 is 17.5 Å². The maximum absolute atomic E-state index is 12.0. The Morgan fingerprint density at radius 1 is 1.56 bits per heavy atom. The highest BCUT2D eigenvalue weighted by atomic mass is 79.9. The second-order valence-electron chi connectivity index (χ2n) is 3.95. The number of fused-ring (bicyclic) bond motifs is 1. The molecule has 1 aliphatic heterocycles. The number of esters is 1. The molecule has 1 amide bonds. The van der Waals surface area contributed by atoms with Gasteiger partial charge in [-0.2, -0.15) is 0 Å². The average Bonchev–Trinajstić information content (AvgIpc) is 2.31. The molecule has 1 heterocycles. The van der Waals surface area contributed by atoms with Crippen LogP contribution in [0.1, 0.15) is 13.8 Å². The van der Waals surface area contributed by atoms with E-state index in [-0.39, 0.29) is 6.61 Å². The molecule has 0 saturated heterocycles. The summed E-state index contributed by atoms with van der Waals surface area (Å²) in [6, 6.07) is 5.15. The molecular formula is C12H12BrNO4. The number of rotatable bonds is 2. The number of halogens is 1. The zero-order chi connectivity index (χ0) is 13.3. The van der Waals surface area contributed by atoms with Crippen molar-refractivity contribution < 1.29 is 19.1 Å². The lowest BCUT2D eigenvalue weighted by Crippen LogP contribution is -2.55. The molecule has 2 rings (SSSR count). The highest BCUT2D eigenvalue weighted by Crippen LogP contribution is 2.36. The number of hydrogen-bond donors (Lipinski definition) is 1. The number of amides is 1. The Morgan fingerprint density at radius 3 is 2.94 bits per heavy atom. The van der Waals surface area contributed by atoms with Gasteiger partial charge in [0.1, 0.15) is 5.75 Å². The number of carbonyl (C=O) groups is 2. The Balaban J connectivity index is 2.36. The fourth-order valence-electron chi connectivity index (χ4n) is 1.60. The monoisotopic (exact) mass is 313 g/mol. The lowest BCUT2D eigenvalue weighted by molar-refractivity contribution is -0.165. The van der Waals surface area contributed by atoms with E-state index in [4.69, 9.17) is 9.47 Å². The number of ether oxygens (including phenoxy) is 2. The van der Waals surface area contributed by atoms with E-state index in [2.05, 4.69) is 21.2 Å². The second kappa shape index (κ2) is 4.61. The molecule has 0 saturated carbocycles. The van der Waals surface area contributed by atoms with Crippen LogP contribution in [-0.4, -0.2) is 24.1 Å². The van der Waals surface area contributed by atoms with Crippen molar-refractivity contribution in [2.75, 3.05) is 11.9 Å². The first-order chi connectivity index (χ1) is 8.47. The minimum atomic E-state index is -1.64. The van der Waals surface area contributed by atoms with Crippen LogP contribution in [-0.2, 0) is 14.3 Å². The van der Waals surface area contributed by atoms with Gasteiger partial charge in [-0.3, -0.25) is 4.79 Å².